The molecular formula is C17H18N2O. The van der Waals surface area contributed by atoms with Crippen molar-refractivity contribution in [3.8, 4) is 0 Å². The van der Waals surface area contributed by atoms with Gasteiger partial charge in [0.1, 0.15) is 0 Å². The predicted molar refractivity (Wildman–Crippen MR) is 78.7 cm³/mol. The average molecular weight is 266 g/mol. The molecule has 2 aromatic rings. The van der Waals surface area contributed by atoms with Crippen LogP contribution in [-0.2, 0) is 30.8 Å². The highest BCUT2D eigenvalue weighted by atomic mass is 16.1. The molecule has 0 aromatic heterocycles. The fourth-order valence-electron chi connectivity index (χ4n) is 2.74. The summed E-state index contributed by atoms with van der Waals surface area (Å²) in [6, 6.07) is 16.7. The Balaban J connectivity index is 1.63. The lowest BCUT2D eigenvalue weighted by Crippen LogP contribution is -2.16. The van der Waals surface area contributed by atoms with E-state index in [2.05, 4.69) is 41.3 Å². The lowest BCUT2D eigenvalue weighted by Gasteiger charge is -2.15. The largest absolute Gasteiger partial charge is 0.369 e. The van der Waals surface area contributed by atoms with Crippen molar-refractivity contribution < 1.29 is 4.79 Å². The fraction of sp³-hybridized carbons (Fsp3) is 0.235. The van der Waals surface area contributed by atoms with Crippen molar-refractivity contribution in [3.05, 3.63) is 70.8 Å². The molecule has 0 atom stereocenters. The number of nitrogens with two attached hydrogens (primary N) is 1. The van der Waals surface area contributed by atoms with Gasteiger partial charge in [-0.25, -0.2) is 0 Å². The van der Waals surface area contributed by atoms with Crippen LogP contribution in [0.4, 0.5) is 0 Å². The Morgan fingerprint density at radius 2 is 1.50 bits per heavy atom. The van der Waals surface area contributed by atoms with Gasteiger partial charge in [-0.15, -0.1) is 0 Å². The van der Waals surface area contributed by atoms with Crippen molar-refractivity contribution in [1.82, 2.24) is 4.90 Å². The summed E-state index contributed by atoms with van der Waals surface area (Å²) in [5.74, 6) is -0.284. The van der Waals surface area contributed by atoms with E-state index in [4.69, 9.17) is 5.73 Å². The van der Waals surface area contributed by atoms with Crippen LogP contribution in [0, 0.1) is 0 Å². The third-order valence-electron chi connectivity index (χ3n) is 3.71. The van der Waals surface area contributed by atoms with Gasteiger partial charge in [0.05, 0.1) is 6.42 Å². The quantitative estimate of drug-likeness (QED) is 0.922. The van der Waals surface area contributed by atoms with E-state index in [0.29, 0.717) is 6.42 Å². The fourth-order valence-corrected chi connectivity index (χ4v) is 2.74. The summed E-state index contributed by atoms with van der Waals surface area (Å²) >= 11 is 0. The van der Waals surface area contributed by atoms with Gasteiger partial charge in [-0.1, -0.05) is 48.5 Å². The zero-order valence-corrected chi connectivity index (χ0v) is 11.4. The van der Waals surface area contributed by atoms with E-state index in [0.717, 1.165) is 25.2 Å². The zero-order valence-electron chi connectivity index (χ0n) is 11.4. The second-order valence-corrected chi connectivity index (χ2v) is 5.37. The first-order valence-electron chi connectivity index (χ1n) is 6.86. The second-order valence-electron chi connectivity index (χ2n) is 5.37. The van der Waals surface area contributed by atoms with E-state index in [9.17, 15) is 4.79 Å². The Hall–Kier alpha value is -2.13. The normalized spacial score (nSPS) is 14.2. The molecule has 0 saturated carbocycles. The minimum absolute atomic E-state index is 0.284. The van der Waals surface area contributed by atoms with Crippen molar-refractivity contribution in [2.45, 2.75) is 26.1 Å². The van der Waals surface area contributed by atoms with Crippen LogP contribution in [0.3, 0.4) is 0 Å². The number of amides is 1. The van der Waals surface area contributed by atoms with E-state index < -0.39 is 0 Å². The first kappa shape index (κ1) is 12.9. The number of hydrogen-bond acceptors (Lipinski definition) is 2. The molecule has 0 spiro atoms. The molecule has 2 aromatic carbocycles. The highest BCUT2D eigenvalue weighted by Gasteiger charge is 2.17. The van der Waals surface area contributed by atoms with Gasteiger partial charge in [0.2, 0.25) is 5.91 Å². The number of rotatable bonds is 4. The minimum Gasteiger partial charge on any atom is -0.369 e. The summed E-state index contributed by atoms with van der Waals surface area (Å²) in [5, 5.41) is 0. The van der Waals surface area contributed by atoms with Gasteiger partial charge >= 0.3 is 0 Å². The van der Waals surface area contributed by atoms with Crippen LogP contribution in [0.15, 0.2) is 48.5 Å². The van der Waals surface area contributed by atoms with E-state index in [-0.39, 0.29) is 5.91 Å². The Morgan fingerprint density at radius 3 is 2.05 bits per heavy atom. The van der Waals surface area contributed by atoms with Crippen LogP contribution in [0.2, 0.25) is 0 Å². The Kier molecular flexibility index (Phi) is 3.52. The van der Waals surface area contributed by atoms with Crippen LogP contribution < -0.4 is 5.73 Å². The van der Waals surface area contributed by atoms with Gasteiger partial charge in [0.25, 0.3) is 0 Å². The molecule has 1 aliphatic heterocycles. The summed E-state index contributed by atoms with van der Waals surface area (Å²) in [6.45, 7) is 2.96. The lowest BCUT2D eigenvalue weighted by molar-refractivity contribution is -0.117. The summed E-state index contributed by atoms with van der Waals surface area (Å²) < 4.78 is 0. The van der Waals surface area contributed by atoms with Crippen LogP contribution in [0.1, 0.15) is 22.3 Å². The summed E-state index contributed by atoms with van der Waals surface area (Å²) in [5.41, 5.74) is 10.3. The number of nitrogens with zero attached hydrogens (tertiary/aromatic N) is 1. The third kappa shape index (κ3) is 2.89. The molecule has 3 heteroatoms. The molecule has 3 rings (SSSR count). The highest BCUT2D eigenvalue weighted by molar-refractivity contribution is 5.76. The summed E-state index contributed by atoms with van der Waals surface area (Å²) in [7, 11) is 0. The smallest absolute Gasteiger partial charge is 0.221 e. The molecule has 20 heavy (non-hydrogen) atoms. The third-order valence-corrected chi connectivity index (χ3v) is 3.71. The minimum atomic E-state index is -0.284. The Bertz CT molecular complexity index is 594. The van der Waals surface area contributed by atoms with Crippen LogP contribution in [-0.4, -0.2) is 10.8 Å². The molecular weight excluding hydrogens is 248 g/mol. The number of carbonyl (C=O) groups excluding carboxylic acids is 1. The van der Waals surface area contributed by atoms with Gasteiger partial charge in [0, 0.05) is 19.6 Å². The van der Waals surface area contributed by atoms with Crippen LogP contribution >= 0.6 is 0 Å². The topological polar surface area (TPSA) is 46.3 Å². The van der Waals surface area contributed by atoms with E-state index >= 15 is 0 Å². The molecule has 2 N–H and O–H groups in total. The Morgan fingerprint density at radius 1 is 0.950 bits per heavy atom. The first-order valence-corrected chi connectivity index (χ1v) is 6.86. The van der Waals surface area contributed by atoms with Gasteiger partial charge in [0.15, 0.2) is 0 Å². The molecule has 1 amide bonds. The van der Waals surface area contributed by atoms with Gasteiger partial charge in [-0.2, -0.15) is 0 Å². The highest BCUT2D eigenvalue weighted by Crippen LogP contribution is 2.23. The SMILES string of the molecule is NC(=O)Cc1ccc(CN2Cc3ccccc3C2)cc1. The van der Waals surface area contributed by atoms with Crippen molar-refractivity contribution in [2.75, 3.05) is 0 Å². The standard InChI is InChI=1S/C17H18N2O/c18-17(20)9-13-5-7-14(8-6-13)10-19-11-15-3-1-2-4-16(15)12-19/h1-8H,9-12H2,(H2,18,20). The maximum atomic E-state index is 10.9. The number of hydrogen-bond donors (Lipinski definition) is 1. The molecule has 0 radical (unpaired) electrons. The molecule has 0 saturated heterocycles. The van der Waals surface area contributed by atoms with Crippen molar-refractivity contribution in [3.63, 3.8) is 0 Å². The molecule has 0 bridgehead atoms. The van der Waals surface area contributed by atoms with Gasteiger partial charge < -0.3 is 5.73 Å². The monoisotopic (exact) mass is 266 g/mol. The van der Waals surface area contributed by atoms with Crippen molar-refractivity contribution >= 4 is 5.91 Å². The van der Waals surface area contributed by atoms with Gasteiger partial charge in [-0.3, -0.25) is 9.69 Å². The first-order chi connectivity index (χ1) is 9.70. The number of fused-ring (bicyclic) bond motifs is 1. The molecule has 102 valence electrons. The van der Waals surface area contributed by atoms with Gasteiger partial charge in [-0.05, 0) is 22.3 Å². The van der Waals surface area contributed by atoms with E-state index in [1.54, 1.807) is 0 Å². The van der Waals surface area contributed by atoms with Crippen LogP contribution in [0.5, 0.6) is 0 Å². The molecule has 3 nitrogen and oxygen atoms in total. The number of benzene rings is 2. The Labute approximate surface area is 119 Å². The maximum Gasteiger partial charge on any atom is 0.221 e. The number of carbonyl (C=O) groups is 1. The van der Waals surface area contributed by atoms with Crippen molar-refractivity contribution in [1.29, 1.82) is 0 Å². The molecule has 1 heterocycles. The average Bonchev–Trinajstić information content (AvgIpc) is 2.82. The van der Waals surface area contributed by atoms with Crippen molar-refractivity contribution in [2.24, 2.45) is 5.73 Å². The lowest BCUT2D eigenvalue weighted by atomic mass is 10.1. The van der Waals surface area contributed by atoms with E-state index in [1.165, 1.54) is 16.7 Å². The van der Waals surface area contributed by atoms with E-state index in [1.807, 2.05) is 12.1 Å². The second kappa shape index (κ2) is 5.47. The molecule has 0 aliphatic carbocycles. The molecule has 0 fully saturated rings. The summed E-state index contributed by atoms with van der Waals surface area (Å²) in [6.07, 6.45) is 0.315. The van der Waals surface area contributed by atoms with Crippen LogP contribution in [0.25, 0.3) is 0 Å². The predicted octanol–water partition coefficient (Wildman–Crippen LogP) is 2.23. The number of primary amides is 1. The molecule has 0 unspecified atom stereocenters. The summed E-state index contributed by atoms with van der Waals surface area (Å²) in [4.78, 5) is 13.3. The zero-order chi connectivity index (χ0) is 13.9. The maximum absolute atomic E-state index is 10.9. The molecule has 1 aliphatic rings.